The molecule has 0 bridgehead atoms. The fourth-order valence-electron chi connectivity index (χ4n) is 2.75. The Morgan fingerprint density at radius 1 is 1.45 bits per heavy atom. The summed E-state index contributed by atoms with van der Waals surface area (Å²) in [5.41, 5.74) is 2.12. The molecule has 1 aliphatic heterocycles. The second-order valence-corrected chi connectivity index (χ2v) is 5.59. The number of benzene rings is 1. The maximum absolute atomic E-state index is 14.3. The largest absolute Gasteiger partial charge is 0.507 e. The first kappa shape index (κ1) is 15.0. The van der Waals surface area contributed by atoms with Gasteiger partial charge < -0.3 is 10.4 Å². The first-order valence-corrected chi connectivity index (χ1v) is 7.08. The molecule has 1 heterocycles. The quantitative estimate of drug-likeness (QED) is 0.831. The van der Waals surface area contributed by atoms with Crippen LogP contribution in [0.5, 0.6) is 5.75 Å². The fourth-order valence-corrected chi connectivity index (χ4v) is 2.75. The number of phenols is 1. The molecule has 1 saturated heterocycles. The first-order valence-electron chi connectivity index (χ1n) is 7.08. The van der Waals surface area contributed by atoms with Gasteiger partial charge >= 0.3 is 0 Å². The molecular formula is C16H23FN2O. The molecule has 4 heteroatoms. The average molecular weight is 278 g/mol. The van der Waals surface area contributed by atoms with Crippen LogP contribution in [0.1, 0.15) is 30.5 Å². The molecule has 1 atom stereocenters. The second-order valence-electron chi connectivity index (χ2n) is 5.59. The van der Waals surface area contributed by atoms with Gasteiger partial charge in [-0.15, -0.1) is 6.58 Å². The van der Waals surface area contributed by atoms with Gasteiger partial charge in [-0.25, -0.2) is 4.39 Å². The van der Waals surface area contributed by atoms with Crippen molar-refractivity contribution in [2.24, 2.45) is 0 Å². The van der Waals surface area contributed by atoms with Crippen LogP contribution in [0.25, 0.3) is 0 Å². The molecule has 110 valence electrons. The number of piperazine rings is 1. The molecule has 2 rings (SSSR count). The predicted molar refractivity (Wildman–Crippen MR) is 79.4 cm³/mol. The van der Waals surface area contributed by atoms with E-state index in [1.54, 1.807) is 13.0 Å². The Morgan fingerprint density at radius 2 is 2.10 bits per heavy atom. The first-order chi connectivity index (χ1) is 9.50. The molecule has 1 fully saturated rings. The van der Waals surface area contributed by atoms with Crippen LogP contribution >= 0.6 is 0 Å². The zero-order valence-electron chi connectivity index (χ0n) is 12.2. The van der Waals surface area contributed by atoms with Crippen molar-refractivity contribution in [3.05, 3.63) is 41.2 Å². The van der Waals surface area contributed by atoms with E-state index in [0.717, 1.165) is 31.8 Å². The minimum Gasteiger partial charge on any atom is -0.507 e. The lowest BCUT2D eigenvalue weighted by Crippen LogP contribution is -2.45. The number of nitrogens with zero attached hydrogens (tertiary/aromatic N) is 1. The number of halogens is 1. The van der Waals surface area contributed by atoms with Gasteiger partial charge in [0.1, 0.15) is 11.6 Å². The number of phenolic OH excluding ortho intramolecular Hbond substituents is 1. The van der Waals surface area contributed by atoms with Crippen molar-refractivity contribution in [3.63, 3.8) is 0 Å². The number of aromatic hydroxyl groups is 1. The standard InChI is InChI=1S/C16H23FN2O/c1-11(2)10-14(19-8-6-18-7-9-19)15-13(17)5-4-12(3)16(15)20/h4-5,14,18,20H,1,6-10H2,2-3H3/t14-/m0/s1. The zero-order valence-corrected chi connectivity index (χ0v) is 12.2. The molecule has 0 aromatic heterocycles. The molecule has 0 unspecified atom stereocenters. The number of nitrogens with one attached hydrogen (secondary N) is 1. The minimum absolute atomic E-state index is 0.0785. The molecule has 0 aliphatic carbocycles. The molecule has 0 saturated carbocycles. The summed E-state index contributed by atoms with van der Waals surface area (Å²) in [5.74, 6) is -0.257. The van der Waals surface area contributed by atoms with Crippen molar-refractivity contribution in [1.82, 2.24) is 10.2 Å². The molecule has 1 aromatic rings. The Labute approximate surface area is 120 Å². The fraction of sp³-hybridized carbons (Fsp3) is 0.500. The number of hydrogen-bond acceptors (Lipinski definition) is 3. The average Bonchev–Trinajstić information content (AvgIpc) is 2.43. The van der Waals surface area contributed by atoms with Gasteiger partial charge in [-0.1, -0.05) is 11.6 Å². The highest BCUT2D eigenvalue weighted by molar-refractivity contribution is 5.43. The molecule has 0 spiro atoms. The van der Waals surface area contributed by atoms with Crippen molar-refractivity contribution >= 4 is 0 Å². The van der Waals surface area contributed by atoms with E-state index in [2.05, 4.69) is 16.8 Å². The monoisotopic (exact) mass is 278 g/mol. The third kappa shape index (κ3) is 3.19. The lowest BCUT2D eigenvalue weighted by molar-refractivity contribution is 0.166. The van der Waals surface area contributed by atoms with E-state index in [9.17, 15) is 9.50 Å². The Morgan fingerprint density at radius 3 is 2.70 bits per heavy atom. The van der Waals surface area contributed by atoms with Gasteiger partial charge in [0.25, 0.3) is 0 Å². The normalized spacial score (nSPS) is 17.9. The van der Waals surface area contributed by atoms with Gasteiger partial charge in [-0.2, -0.15) is 0 Å². The van der Waals surface area contributed by atoms with Crippen molar-refractivity contribution in [2.75, 3.05) is 26.2 Å². The molecule has 2 N–H and O–H groups in total. The Balaban J connectivity index is 2.40. The molecule has 20 heavy (non-hydrogen) atoms. The number of aryl methyl sites for hydroxylation is 1. The Hall–Kier alpha value is -1.39. The van der Waals surface area contributed by atoms with E-state index >= 15 is 0 Å². The second kappa shape index (κ2) is 6.37. The van der Waals surface area contributed by atoms with Gasteiger partial charge in [0, 0.05) is 37.8 Å². The summed E-state index contributed by atoms with van der Waals surface area (Å²) in [4.78, 5) is 2.22. The van der Waals surface area contributed by atoms with E-state index in [1.807, 2.05) is 6.92 Å². The van der Waals surface area contributed by atoms with Gasteiger partial charge in [-0.05, 0) is 31.9 Å². The molecule has 3 nitrogen and oxygen atoms in total. The predicted octanol–water partition coefficient (Wildman–Crippen LogP) is 2.75. The van der Waals surface area contributed by atoms with Crippen molar-refractivity contribution in [1.29, 1.82) is 0 Å². The van der Waals surface area contributed by atoms with Crippen molar-refractivity contribution in [2.45, 2.75) is 26.3 Å². The molecular weight excluding hydrogens is 255 g/mol. The third-order valence-electron chi connectivity index (χ3n) is 3.83. The van der Waals surface area contributed by atoms with Crippen LogP contribution in [0.2, 0.25) is 0 Å². The van der Waals surface area contributed by atoms with Gasteiger partial charge in [0.05, 0.1) is 0 Å². The van der Waals surface area contributed by atoms with Crippen LogP contribution in [0.15, 0.2) is 24.3 Å². The van der Waals surface area contributed by atoms with Crippen LogP contribution in [0.4, 0.5) is 4.39 Å². The summed E-state index contributed by atoms with van der Waals surface area (Å²) >= 11 is 0. The highest BCUT2D eigenvalue weighted by Gasteiger charge is 2.27. The lowest BCUT2D eigenvalue weighted by Gasteiger charge is -2.36. The van der Waals surface area contributed by atoms with E-state index in [-0.39, 0.29) is 17.6 Å². The van der Waals surface area contributed by atoms with Crippen LogP contribution in [-0.4, -0.2) is 36.2 Å². The maximum Gasteiger partial charge on any atom is 0.131 e. The topological polar surface area (TPSA) is 35.5 Å². The smallest absolute Gasteiger partial charge is 0.131 e. The van der Waals surface area contributed by atoms with E-state index < -0.39 is 0 Å². The summed E-state index contributed by atoms with van der Waals surface area (Å²) in [5, 5.41) is 13.6. The Bertz CT molecular complexity index is 495. The summed E-state index contributed by atoms with van der Waals surface area (Å²) < 4.78 is 14.3. The van der Waals surface area contributed by atoms with Crippen LogP contribution in [0, 0.1) is 12.7 Å². The van der Waals surface area contributed by atoms with Crippen LogP contribution in [0.3, 0.4) is 0 Å². The lowest BCUT2D eigenvalue weighted by atomic mass is 9.95. The summed E-state index contributed by atoms with van der Waals surface area (Å²) in [7, 11) is 0. The summed E-state index contributed by atoms with van der Waals surface area (Å²) in [6, 6.07) is 2.91. The van der Waals surface area contributed by atoms with Gasteiger partial charge in [-0.3, -0.25) is 4.90 Å². The minimum atomic E-state index is -0.335. The summed E-state index contributed by atoms with van der Waals surface area (Å²) in [6.07, 6.45) is 0.661. The molecule has 0 radical (unpaired) electrons. The molecule has 1 aliphatic rings. The summed E-state index contributed by atoms with van der Waals surface area (Å²) in [6.45, 7) is 11.2. The highest BCUT2D eigenvalue weighted by Crippen LogP contribution is 2.37. The van der Waals surface area contributed by atoms with Crippen molar-refractivity contribution in [3.8, 4) is 5.75 Å². The highest BCUT2D eigenvalue weighted by atomic mass is 19.1. The maximum atomic E-state index is 14.3. The van der Waals surface area contributed by atoms with Crippen LogP contribution in [-0.2, 0) is 0 Å². The molecule has 0 amide bonds. The van der Waals surface area contributed by atoms with Gasteiger partial charge in [0.15, 0.2) is 0 Å². The third-order valence-corrected chi connectivity index (χ3v) is 3.83. The van der Waals surface area contributed by atoms with E-state index in [0.29, 0.717) is 17.5 Å². The number of hydrogen-bond donors (Lipinski definition) is 2. The molecule has 1 aromatic carbocycles. The van der Waals surface area contributed by atoms with Crippen LogP contribution < -0.4 is 5.32 Å². The SMILES string of the molecule is C=C(C)C[C@@H](c1c(F)ccc(C)c1O)N1CCNCC1. The van der Waals surface area contributed by atoms with Crippen molar-refractivity contribution < 1.29 is 9.50 Å². The Kier molecular flexibility index (Phi) is 4.78. The van der Waals surface area contributed by atoms with E-state index in [4.69, 9.17) is 0 Å². The van der Waals surface area contributed by atoms with Gasteiger partial charge in [0.2, 0.25) is 0 Å². The zero-order chi connectivity index (χ0) is 14.7. The number of rotatable bonds is 4. The van der Waals surface area contributed by atoms with E-state index in [1.165, 1.54) is 6.07 Å².